The Hall–Kier alpha value is -3.46. The smallest absolute Gasteiger partial charge is 0.235 e. The molecule has 0 unspecified atom stereocenters. The van der Waals surface area contributed by atoms with E-state index < -0.39 is 0 Å². The topological polar surface area (TPSA) is 73.8 Å². The summed E-state index contributed by atoms with van der Waals surface area (Å²) in [6, 6.07) is 11.9. The summed E-state index contributed by atoms with van der Waals surface area (Å²) in [5.74, 6) is 1.05. The van der Waals surface area contributed by atoms with Gasteiger partial charge in [0, 0.05) is 11.8 Å². The lowest BCUT2D eigenvalue weighted by molar-refractivity contribution is 0.628. The molecule has 0 bridgehead atoms. The maximum absolute atomic E-state index is 13.2. The Morgan fingerprint density at radius 3 is 2.68 bits per heavy atom. The Morgan fingerprint density at radius 1 is 1.07 bits per heavy atom. The molecule has 1 aromatic carbocycles. The Bertz CT molecular complexity index is 1250. The van der Waals surface area contributed by atoms with Gasteiger partial charge in [-0.15, -0.1) is 10.2 Å². The first-order chi connectivity index (χ1) is 13.7. The average molecular weight is 391 g/mol. The molecular weight excluding hydrogens is 377 g/mol. The van der Waals surface area contributed by atoms with E-state index in [9.17, 15) is 4.39 Å². The second-order valence-corrected chi connectivity index (χ2v) is 7.05. The molecule has 138 valence electrons. The molecule has 0 atom stereocenters. The van der Waals surface area contributed by atoms with E-state index in [1.165, 1.54) is 23.5 Å². The summed E-state index contributed by atoms with van der Waals surface area (Å²) in [5, 5.41) is 18.4. The minimum atomic E-state index is -0.294. The van der Waals surface area contributed by atoms with E-state index in [1.807, 2.05) is 22.9 Å². The molecule has 28 heavy (non-hydrogen) atoms. The fourth-order valence-electron chi connectivity index (χ4n) is 3.07. The standard InChI is InChI=1S/C19H14FN7S/c1-2-15-14(11-22-26(15)16-5-3-4-10-21-16)18-25-27-17(23-24-19(27)28-18)12-6-8-13(20)9-7-12/h3-11H,2H2,1H3. The molecule has 0 aliphatic rings. The third-order valence-electron chi connectivity index (χ3n) is 4.39. The maximum atomic E-state index is 13.2. The third-order valence-corrected chi connectivity index (χ3v) is 5.33. The summed E-state index contributed by atoms with van der Waals surface area (Å²) in [7, 11) is 0. The first-order valence-corrected chi connectivity index (χ1v) is 9.53. The van der Waals surface area contributed by atoms with Gasteiger partial charge < -0.3 is 0 Å². The van der Waals surface area contributed by atoms with Crippen LogP contribution in [0.4, 0.5) is 4.39 Å². The molecule has 5 rings (SSSR count). The van der Waals surface area contributed by atoms with Crippen molar-refractivity contribution >= 4 is 16.3 Å². The summed E-state index contributed by atoms with van der Waals surface area (Å²) in [5.41, 5.74) is 2.71. The number of fused-ring (bicyclic) bond motifs is 1. The molecule has 4 heterocycles. The van der Waals surface area contributed by atoms with Crippen LogP contribution in [-0.2, 0) is 6.42 Å². The minimum absolute atomic E-state index is 0.294. The number of halogens is 1. The van der Waals surface area contributed by atoms with Crippen LogP contribution in [0.1, 0.15) is 12.6 Å². The normalized spacial score (nSPS) is 11.4. The monoisotopic (exact) mass is 391 g/mol. The number of aromatic nitrogens is 7. The predicted octanol–water partition coefficient (Wildman–Crippen LogP) is 3.80. The molecule has 7 nitrogen and oxygen atoms in total. The van der Waals surface area contributed by atoms with Crippen LogP contribution >= 0.6 is 11.3 Å². The van der Waals surface area contributed by atoms with Gasteiger partial charge in [-0.2, -0.15) is 14.7 Å². The van der Waals surface area contributed by atoms with Crippen molar-refractivity contribution in [3.05, 3.63) is 66.4 Å². The lowest BCUT2D eigenvalue weighted by Crippen LogP contribution is -2.03. The summed E-state index contributed by atoms with van der Waals surface area (Å²) < 4.78 is 16.7. The number of rotatable bonds is 4. The first kappa shape index (κ1) is 16.7. The molecule has 0 aliphatic heterocycles. The lowest BCUT2D eigenvalue weighted by atomic mass is 10.2. The fourth-order valence-corrected chi connectivity index (χ4v) is 3.95. The van der Waals surface area contributed by atoms with E-state index in [1.54, 1.807) is 29.0 Å². The Balaban J connectivity index is 1.61. The van der Waals surface area contributed by atoms with E-state index in [0.29, 0.717) is 10.8 Å². The summed E-state index contributed by atoms with van der Waals surface area (Å²) in [6.45, 7) is 2.07. The molecule has 0 saturated heterocycles. The van der Waals surface area contributed by atoms with Crippen LogP contribution in [0.3, 0.4) is 0 Å². The summed E-state index contributed by atoms with van der Waals surface area (Å²) >= 11 is 1.44. The van der Waals surface area contributed by atoms with Crippen LogP contribution in [0.25, 0.3) is 32.7 Å². The average Bonchev–Trinajstić information content (AvgIpc) is 3.42. The van der Waals surface area contributed by atoms with Crippen molar-refractivity contribution in [3.63, 3.8) is 0 Å². The van der Waals surface area contributed by atoms with Crippen molar-refractivity contribution in [3.8, 4) is 27.8 Å². The second kappa shape index (κ2) is 6.61. The first-order valence-electron chi connectivity index (χ1n) is 8.71. The number of hydrogen-bond acceptors (Lipinski definition) is 6. The van der Waals surface area contributed by atoms with E-state index in [0.717, 1.165) is 34.1 Å². The summed E-state index contributed by atoms with van der Waals surface area (Å²) in [4.78, 5) is 5.05. The molecule has 0 fully saturated rings. The molecule has 0 radical (unpaired) electrons. The SMILES string of the molecule is CCc1c(-c2nn3c(-c4ccc(F)cc4)nnc3s2)cnn1-c1ccccn1. The Labute approximate surface area is 163 Å². The fraction of sp³-hybridized carbons (Fsp3) is 0.105. The van der Waals surface area contributed by atoms with Gasteiger partial charge in [0.15, 0.2) is 16.6 Å². The Kier molecular flexibility index (Phi) is 3.94. The Morgan fingerprint density at radius 2 is 1.93 bits per heavy atom. The molecule has 5 aromatic rings. The van der Waals surface area contributed by atoms with Crippen LogP contribution in [0, 0.1) is 5.82 Å². The van der Waals surface area contributed by atoms with Gasteiger partial charge in [0.25, 0.3) is 0 Å². The van der Waals surface area contributed by atoms with E-state index in [2.05, 4.69) is 27.2 Å². The zero-order valence-corrected chi connectivity index (χ0v) is 15.6. The molecule has 0 aliphatic carbocycles. The molecule has 0 amide bonds. The molecule has 0 spiro atoms. The van der Waals surface area contributed by atoms with E-state index in [-0.39, 0.29) is 5.82 Å². The largest absolute Gasteiger partial charge is 0.237 e. The van der Waals surface area contributed by atoms with Gasteiger partial charge in [-0.05, 0) is 42.8 Å². The highest BCUT2D eigenvalue weighted by Gasteiger charge is 2.19. The van der Waals surface area contributed by atoms with E-state index >= 15 is 0 Å². The van der Waals surface area contributed by atoms with E-state index in [4.69, 9.17) is 5.10 Å². The number of benzene rings is 1. The van der Waals surface area contributed by atoms with Gasteiger partial charge in [-0.3, -0.25) is 0 Å². The molecule has 0 saturated carbocycles. The zero-order valence-electron chi connectivity index (χ0n) is 14.8. The quantitative estimate of drug-likeness (QED) is 0.466. The maximum Gasteiger partial charge on any atom is 0.235 e. The van der Waals surface area contributed by atoms with Crippen LogP contribution < -0.4 is 0 Å². The third kappa shape index (κ3) is 2.67. The second-order valence-electron chi connectivity index (χ2n) is 6.09. The van der Waals surface area contributed by atoms with Crippen molar-refractivity contribution in [2.24, 2.45) is 0 Å². The van der Waals surface area contributed by atoms with Crippen molar-refractivity contribution < 1.29 is 4.39 Å². The van der Waals surface area contributed by atoms with Crippen molar-refractivity contribution in [1.29, 1.82) is 0 Å². The van der Waals surface area contributed by atoms with Gasteiger partial charge in [0.2, 0.25) is 4.96 Å². The molecule has 9 heteroatoms. The van der Waals surface area contributed by atoms with Crippen molar-refractivity contribution in [2.75, 3.05) is 0 Å². The highest BCUT2D eigenvalue weighted by Crippen LogP contribution is 2.31. The lowest BCUT2D eigenvalue weighted by Gasteiger charge is -2.05. The number of pyridine rings is 1. The van der Waals surface area contributed by atoms with Crippen LogP contribution in [-0.4, -0.2) is 34.6 Å². The molecule has 0 N–H and O–H groups in total. The highest BCUT2D eigenvalue weighted by molar-refractivity contribution is 7.19. The van der Waals surface area contributed by atoms with Crippen LogP contribution in [0.2, 0.25) is 0 Å². The predicted molar refractivity (Wildman–Crippen MR) is 104 cm³/mol. The number of nitrogens with zero attached hydrogens (tertiary/aromatic N) is 7. The van der Waals surface area contributed by atoms with Gasteiger partial charge >= 0.3 is 0 Å². The zero-order chi connectivity index (χ0) is 19.1. The van der Waals surface area contributed by atoms with Crippen molar-refractivity contribution in [1.82, 2.24) is 34.6 Å². The molecular formula is C19H14FN7S. The van der Waals surface area contributed by atoms with Crippen LogP contribution in [0.15, 0.2) is 54.9 Å². The minimum Gasteiger partial charge on any atom is -0.237 e. The molecule has 4 aromatic heterocycles. The van der Waals surface area contributed by atoms with Gasteiger partial charge in [0.1, 0.15) is 5.82 Å². The number of hydrogen-bond donors (Lipinski definition) is 0. The van der Waals surface area contributed by atoms with Gasteiger partial charge in [-0.1, -0.05) is 24.3 Å². The van der Waals surface area contributed by atoms with Crippen molar-refractivity contribution in [2.45, 2.75) is 13.3 Å². The highest BCUT2D eigenvalue weighted by atomic mass is 32.1. The van der Waals surface area contributed by atoms with Gasteiger partial charge in [0.05, 0.1) is 17.5 Å². The van der Waals surface area contributed by atoms with Gasteiger partial charge in [-0.25, -0.2) is 14.1 Å². The summed E-state index contributed by atoms with van der Waals surface area (Å²) in [6.07, 6.45) is 4.32. The van der Waals surface area contributed by atoms with Crippen LogP contribution in [0.5, 0.6) is 0 Å².